The molecule has 1 aromatic carbocycles. The molecule has 0 saturated heterocycles. The van der Waals surface area contributed by atoms with Gasteiger partial charge >= 0.3 is 0 Å². The van der Waals surface area contributed by atoms with Crippen LogP contribution in [0.15, 0.2) is 23.4 Å². The summed E-state index contributed by atoms with van der Waals surface area (Å²) in [4.78, 5) is 13.7. The zero-order chi connectivity index (χ0) is 16.0. The van der Waals surface area contributed by atoms with Crippen LogP contribution in [0.1, 0.15) is 30.6 Å². The summed E-state index contributed by atoms with van der Waals surface area (Å²) >= 11 is 0. The van der Waals surface area contributed by atoms with Crippen molar-refractivity contribution in [2.45, 2.75) is 20.3 Å². The molecule has 5 nitrogen and oxygen atoms in total. The molecule has 1 amide bonds. The van der Waals surface area contributed by atoms with E-state index in [1.807, 2.05) is 13.8 Å². The van der Waals surface area contributed by atoms with Crippen LogP contribution < -0.4 is 5.73 Å². The lowest BCUT2D eigenvalue weighted by Crippen LogP contribution is -2.37. The van der Waals surface area contributed by atoms with Crippen molar-refractivity contribution in [3.05, 3.63) is 35.4 Å². The van der Waals surface area contributed by atoms with Crippen molar-refractivity contribution in [1.82, 2.24) is 4.90 Å². The number of benzene rings is 1. The zero-order valence-corrected chi connectivity index (χ0v) is 12.0. The summed E-state index contributed by atoms with van der Waals surface area (Å²) in [6.07, 6.45) is 0.145. The Morgan fingerprint density at radius 3 is 2.67 bits per heavy atom. The maximum absolute atomic E-state index is 13.7. The van der Waals surface area contributed by atoms with E-state index >= 15 is 0 Å². The fourth-order valence-electron chi connectivity index (χ4n) is 1.85. The summed E-state index contributed by atoms with van der Waals surface area (Å²) in [5, 5.41) is 11.3. The number of amidine groups is 1. The van der Waals surface area contributed by atoms with Gasteiger partial charge in [0.05, 0.1) is 5.56 Å². The molecular weight excluding hydrogens is 280 g/mol. The topological polar surface area (TPSA) is 78.9 Å². The average molecular weight is 299 g/mol. The minimum atomic E-state index is -0.779. The summed E-state index contributed by atoms with van der Waals surface area (Å²) < 4.78 is 26.9. The monoisotopic (exact) mass is 299 g/mol. The smallest absolute Gasteiger partial charge is 0.256 e. The molecule has 3 N–H and O–H groups in total. The molecule has 0 saturated carbocycles. The fraction of sp³-hybridized carbons (Fsp3) is 0.429. The molecule has 0 aliphatic heterocycles. The van der Waals surface area contributed by atoms with Gasteiger partial charge in [-0.3, -0.25) is 4.79 Å². The molecule has 116 valence electrons. The number of carbonyl (C=O) groups is 1. The highest BCUT2D eigenvalue weighted by molar-refractivity contribution is 5.94. The molecule has 0 radical (unpaired) electrons. The molecule has 0 fully saturated rings. The zero-order valence-electron chi connectivity index (χ0n) is 12.0. The van der Waals surface area contributed by atoms with Crippen LogP contribution in [0.25, 0.3) is 0 Å². The third-order valence-corrected chi connectivity index (χ3v) is 2.80. The number of nitrogens with two attached hydrogens (primary N) is 1. The Morgan fingerprint density at radius 1 is 1.43 bits per heavy atom. The molecule has 21 heavy (non-hydrogen) atoms. The molecule has 0 atom stereocenters. The summed E-state index contributed by atoms with van der Waals surface area (Å²) in [6, 6.07) is 2.74. The molecule has 7 heteroatoms. The number of amides is 1. The Balaban J connectivity index is 2.96. The quantitative estimate of drug-likeness (QED) is 0.366. The molecule has 0 aliphatic rings. The van der Waals surface area contributed by atoms with Gasteiger partial charge in [0.1, 0.15) is 17.5 Å². The van der Waals surface area contributed by atoms with Crippen molar-refractivity contribution in [2.75, 3.05) is 13.1 Å². The van der Waals surface area contributed by atoms with Gasteiger partial charge in [-0.15, -0.1) is 0 Å². The molecule has 0 aromatic heterocycles. The third kappa shape index (κ3) is 5.02. The first-order chi connectivity index (χ1) is 9.85. The Bertz CT molecular complexity index is 533. The SMILES string of the molecule is CC(C)CN(CCC(N)=NO)C(=O)c1cc(F)ccc1F. The molecule has 0 bridgehead atoms. The van der Waals surface area contributed by atoms with Crippen molar-refractivity contribution in [2.24, 2.45) is 16.8 Å². The minimum Gasteiger partial charge on any atom is -0.409 e. The normalized spacial score (nSPS) is 11.8. The van der Waals surface area contributed by atoms with Crippen LogP contribution in [0.2, 0.25) is 0 Å². The highest BCUT2D eigenvalue weighted by Gasteiger charge is 2.21. The predicted octanol–water partition coefficient (Wildman–Crippen LogP) is 2.20. The van der Waals surface area contributed by atoms with Crippen molar-refractivity contribution in [1.29, 1.82) is 0 Å². The van der Waals surface area contributed by atoms with Crippen LogP contribution in [0.4, 0.5) is 8.78 Å². The highest BCUT2D eigenvalue weighted by Crippen LogP contribution is 2.14. The summed E-state index contributed by atoms with van der Waals surface area (Å²) in [5.74, 6) is -1.97. The van der Waals surface area contributed by atoms with E-state index in [1.54, 1.807) is 0 Å². The lowest BCUT2D eigenvalue weighted by atomic mass is 10.1. The Morgan fingerprint density at radius 2 is 2.10 bits per heavy atom. The van der Waals surface area contributed by atoms with E-state index in [1.165, 1.54) is 4.90 Å². The number of hydrogen-bond donors (Lipinski definition) is 2. The standard InChI is InChI=1S/C14H19F2N3O2/c1-9(2)8-19(6-5-13(17)18-21)14(20)11-7-10(15)3-4-12(11)16/h3-4,7,9,21H,5-6,8H2,1-2H3,(H2,17,18). The van der Waals surface area contributed by atoms with Gasteiger partial charge in [0.25, 0.3) is 5.91 Å². The Hall–Kier alpha value is -2.18. The van der Waals surface area contributed by atoms with Crippen LogP contribution in [-0.2, 0) is 0 Å². The number of rotatable bonds is 6. The summed E-state index contributed by atoms with van der Waals surface area (Å²) in [5.41, 5.74) is 5.05. The number of oxime groups is 1. The molecule has 0 aliphatic carbocycles. The van der Waals surface area contributed by atoms with Gasteiger partial charge in [-0.1, -0.05) is 19.0 Å². The molecule has 1 aromatic rings. The first-order valence-electron chi connectivity index (χ1n) is 6.55. The van der Waals surface area contributed by atoms with Crippen LogP contribution >= 0.6 is 0 Å². The van der Waals surface area contributed by atoms with Crippen LogP contribution in [0.5, 0.6) is 0 Å². The molecule has 0 heterocycles. The average Bonchev–Trinajstić information content (AvgIpc) is 2.44. The number of halogens is 2. The second-order valence-electron chi connectivity index (χ2n) is 5.11. The maximum atomic E-state index is 13.7. The number of carbonyl (C=O) groups excluding carboxylic acids is 1. The first-order valence-corrected chi connectivity index (χ1v) is 6.55. The van der Waals surface area contributed by atoms with E-state index in [0.29, 0.717) is 6.54 Å². The maximum Gasteiger partial charge on any atom is 0.256 e. The molecular formula is C14H19F2N3O2. The molecule has 1 rings (SSSR count). The van der Waals surface area contributed by atoms with Gasteiger partial charge in [0.15, 0.2) is 0 Å². The van der Waals surface area contributed by atoms with Crippen LogP contribution in [-0.4, -0.2) is 34.9 Å². The van der Waals surface area contributed by atoms with E-state index in [-0.39, 0.29) is 30.3 Å². The molecule has 0 spiro atoms. The fourth-order valence-corrected chi connectivity index (χ4v) is 1.85. The highest BCUT2D eigenvalue weighted by atomic mass is 19.1. The van der Waals surface area contributed by atoms with Crippen molar-refractivity contribution < 1.29 is 18.8 Å². The van der Waals surface area contributed by atoms with Gasteiger partial charge in [0.2, 0.25) is 0 Å². The van der Waals surface area contributed by atoms with Gasteiger partial charge in [0, 0.05) is 19.5 Å². The van der Waals surface area contributed by atoms with Gasteiger partial charge in [-0.25, -0.2) is 8.78 Å². The lowest BCUT2D eigenvalue weighted by Gasteiger charge is -2.24. The van der Waals surface area contributed by atoms with Crippen molar-refractivity contribution >= 4 is 11.7 Å². The van der Waals surface area contributed by atoms with Crippen molar-refractivity contribution in [3.8, 4) is 0 Å². The third-order valence-electron chi connectivity index (χ3n) is 2.80. The van der Waals surface area contributed by atoms with Gasteiger partial charge < -0.3 is 15.8 Å². The minimum absolute atomic E-state index is 0.0312. The van der Waals surface area contributed by atoms with Crippen LogP contribution in [0.3, 0.4) is 0 Å². The second-order valence-corrected chi connectivity index (χ2v) is 5.11. The van der Waals surface area contributed by atoms with E-state index in [9.17, 15) is 13.6 Å². The Labute approximate surface area is 122 Å². The van der Waals surface area contributed by atoms with E-state index < -0.39 is 17.5 Å². The van der Waals surface area contributed by atoms with Crippen LogP contribution in [0, 0.1) is 17.6 Å². The van der Waals surface area contributed by atoms with Crippen molar-refractivity contribution in [3.63, 3.8) is 0 Å². The van der Waals surface area contributed by atoms with Gasteiger partial charge in [-0.2, -0.15) is 0 Å². The Kier molecular flexibility index (Phi) is 6.08. The number of hydrogen-bond acceptors (Lipinski definition) is 3. The second kappa shape index (κ2) is 7.56. The summed E-state index contributed by atoms with van der Waals surface area (Å²) in [6.45, 7) is 4.30. The molecule has 0 unspecified atom stereocenters. The van der Waals surface area contributed by atoms with E-state index in [4.69, 9.17) is 10.9 Å². The first kappa shape index (κ1) is 16.9. The van der Waals surface area contributed by atoms with E-state index in [2.05, 4.69) is 5.16 Å². The lowest BCUT2D eigenvalue weighted by molar-refractivity contribution is 0.0735. The predicted molar refractivity (Wildman–Crippen MR) is 75.1 cm³/mol. The van der Waals surface area contributed by atoms with E-state index in [0.717, 1.165) is 18.2 Å². The largest absolute Gasteiger partial charge is 0.409 e. The van der Waals surface area contributed by atoms with Gasteiger partial charge in [-0.05, 0) is 24.1 Å². The number of nitrogens with zero attached hydrogens (tertiary/aromatic N) is 2. The summed E-state index contributed by atoms with van der Waals surface area (Å²) in [7, 11) is 0.